The maximum absolute atomic E-state index is 12.1. The van der Waals surface area contributed by atoms with Gasteiger partial charge in [-0.3, -0.25) is 9.59 Å². The average molecular weight is 320 g/mol. The van der Waals surface area contributed by atoms with Crippen LogP contribution in [0.25, 0.3) is 0 Å². The van der Waals surface area contributed by atoms with Crippen molar-refractivity contribution in [2.24, 2.45) is 0 Å². The highest BCUT2D eigenvalue weighted by Crippen LogP contribution is 2.22. The monoisotopic (exact) mass is 319 g/mol. The number of aliphatic carboxylic acids is 1. The van der Waals surface area contributed by atoms with E-state index in [-0.39, 0.29) is 18.5 Å². The summed E-state index contributed by atoms with van der Waals surface area (Å²) >= 11 is 4.59. The van der Waals surface area contributed by atoms with Gasteiger partial charge in [-0.2, -0.15) is 0 Å². The molecule has 1 aromatic heterocycles. The highest BCUT2D eigenvalue weighted by molar-refractivity contribution is 9.10. The van der Waals surface area contributed by atoms with Crippen molar-refractivity contribution in [2.45, 2.75) is 26.3 Å². The van der Waals surface area contributed by atoms with Crippen LogP contribution in [-0.2, 0) is 4.79 Å². The summed E-state index contributed by atoms with van der Waals surface area (Å²) < 4.78 is 0.838. The number of hydrogen-bond acceptors (Lipinski definition) is 3. The van der Waals surface area contributed by atoms with Crippen LogP contribution in [0.15, 0.2) is 15.9 Å². The number of rotatable bonds is 5. The minimum absolute atomic E-state index is 0.0838. The molecule has 0 fully saturated rings. The number of carboxylic acids is 1. The largest absolute Gasteiger partial charge is 0.480 e. The molecule has 17 heavy (non-hydrogen) atoms. The molecule has 0 aromatic carbocycles. The number of nitrogens with zero attached hydrogens (tertiary/aromatic N) is 1. The molecule has 1 N–H and O–H groups in total. The smallest absolute Gasteiger partial charge is 0.323 e. The minimum atomic E-state index is -0.991. The van der Waals surface area contributed by atoms with E-state index in [1.807, 2.05) is 19.2 Å². The third kappa shape index (κ3) is 3.81. The highest BCUT2D eigenvalue weighted by Gasteiger charge is 2.23. The van der Waals surface area contributed by atoms with Gasteiger partial charge in [0.1, 0.15) is 6.54 Å². The summed E-state index contributed by atoms with van der Waals surface area (Å²) in [6.45, 7) is 3.52. The highest BCUT2D eigenvalue weighted by atomic mass is 79.9. The van der Waals surface area contributed by atoms with Crippen LogP contribution < -0.4 is 0 Å². The zero-order valence-corrected chi connectivity index (χ0v) is 12.0. The summed E-state index contributed by atoms with van der Waals surface area (Å²) in [6, 6.07) is 1.63. The van der Waals surface area contributed by atoms with E-state index in [1.165, 1.54) is 16.2 Å². The predicted octanol–water partition coefficient (Wildman–Crippen LogP) is 2.84. The van der Waals surface area contributed by atoms with E-state index in [0.29, 0.717) is 4.88 Å². The third-order valence-electron chi connectivity index (χ3n) is 2.47. The lowest BCUT2D eigenvalue weighted by Crippen LogP contribution is -2.41. The lowest BCUT2D eigenvalue weighted by atomic mass is 10.2. The van der Waals surface area contributed by atoms with Crippen molar-refractivity contribution >= 4 is 39.1 Å². The molecule has 94 valence electrons. The van der Waals surface area contributed by atoms with Gasteiger partial charge in [0, 0.05) is 15.9 Å². The summed E-state index contributed by atoms with van der Waals surface area (Å²) in [4.78, 5) is 24.9. The molecule has 0 aliphatic rings. The molecule has 0 spiro atoms. The summed E-state index contributed by atoms with van der Waals surface area (Å²) in [5.74, 6) is -1.22. The molecule has 0 aliphatic carbocycles. The van der Waals surface area contributed by atoms with Crippen LogP contribution >= 0.6 is 27.3 Å². The molecular weight excluding hydrogens is 306 g/mol. The second kappa shape index (κ2) is 6.16. The van der Waals surface area contributed by atoms with E-state index >= 15 is 0 Å². The number of carbonyl (C=O) groups is 2. The normalized spacial score (nSPS) is 12.2. The van der Waals surface area contributed by atoms with Crippen LogP contribution in [0, 0.1) is 0 Å². The molecular formula is C11H14BrNO3S. The Morgan fingerprint density at radius 1 is 1.59 bits per heavy atom. The van der Waals surface area contributed by atoms with E-state index in [0.717, 1.165) is 10.9 Å². The lowest BCUT2D eigenvalue weighted by Gasteiger charge is -2.26. The molecule has 1 atom stereocenters. The first-order valence-corrected chi connectivity index (χ1v) is 6.89. The summed E-state index contributed by atoms with van der Waals surface area (Å²) in [7, 11) is 0. The van der Waals surface area contributed by atoms with Gasteiger partial charge in [0.15, 0.2) is 0 Å². The molecule has 6 heteroatoms. The maximum atomic E-state index is 12.1. The maximum Gasteiger partial charge on any atom is 0.323 e. The average Bonchev–Trinajstić information content (AvgIpc) is 2.70. The van der Waals surface area contributed by atoms with E-state index < -0.39 is 5.97 Å². The Hall–Kier alpha value is -0.880. The Morgan fingerprint density at radius 3 is 2.65 bits per heavy atom. The van der Waals surface area contributed by atoms with Gasteiger partial charge in [-0.05, 0) is 35.3 Å². The number of thiophene rings is 1. The standard InChI is InChI=1S/C11H14BrNO3S/c1-3-7(2)13(5-10(14)15)11(16)9-4-8(12)6-17-9/h4,6-7H,3,5H2,1-2H3,(H,14,15). The Labute approximate surface area is 112 Å². The van der Waals surface area contributed by atoms with Gasteiger partial charge in [-0.25, -0.2) is 0 Å². The molecule has 1 heterocycles. The molecule has 0 aliphatic heterocycles. The second-order valence-corrected chi connectivity index (χ2v) is 5.54. The fourth-order valence-corrected chi connectivity index (χ4v) is 2.74. The van der Waals surface area contributed by atoms with E-state index in [1.54, 1.807) is 6.07 Å². The van der Waals surface area contributed by atoms with Crippen LogP contribution in [-0.4, -0.2) is 34.5 Å². The quantitative estimate of drug-likeness (QED) is 0.907. The van der Waals surface area contributed by atoms with Crippen LogP contribution in [0.5, 0.6) is 0 Å². The van der Waals surface area contributed by atoms with Crippen molar-refractivity contribution in [3.05, 3.63) is 20.8 Å². The number of amides is 1. The SMILES string of the molecule is CCC(C)N(CC(=O)O)C(=O)c1cc(Br)cs1. The van der Waals surface area contributed by atoms with Crippen LogP contribution in [0.3, 0.4) is 0 Å². The minimum Gasteiger partial charge on any atom is -0.480 e. The molecule has 0 radical (unpaired) electrons. The molecule has 1 unspecified atom stereocenters. The van der Waals surface area contributed by atoms with E-state index in [9.17, 15) is 9.59 Å². The van der Waals surface area contributed by atoms with Crippen LogP contribution in [0.4, 0.5) is 0 Å². The zero-order valence-electron chi connectivity index (χ0n) is 9.64. The van der Waals surface area contributed by atoms with Gasteiger partial charge < -0.3 is 10.0 Å². The number of halogens is 1. The fraction of sp³-hybridized carbons (Fsp3) is 0.455. The van der Waals surface area contributed by atoms with Crippen molar-refractivity contribution in [1.29, 1.82) is 0 Å². The van der Waals surface area contributed by atoms with Gasteiger partial charge in [-0.1, -0.05) is 6.92 Å². The molecule has 1 aromatic rings. The van der Waals surface area contributed by atoms with Gasteiger partial charge >= 0.3 is 5.97 Å². The Bertz CT molecular complexity index is 419. The summed E-state index contributed by atoms with van der Waals surface area (Å²) in [5.41, 5.74) is 0. The third-order valence-corrected chi connectivity index (χ3v) is 4.15. The number of hydrogen-bond donors (Lipinski definition) is 1. The van der Waals surface area contributed by atoms with Gasteiger partial charge in [0.05, 0.1) is 4.88 Å². The van der Waals surface area contributed by atoms with Crippen molar-refractivity contribution < 1.29 is 14.7 Å². The second-order valence-electron chi connectivity index (χ2n) is 3.71. The van der Waals surface area contributed by atoms with E-state index in [4.69, 9.17) is 5.11 Å². The first-order valence-electron chi connectivity index (χ1n) is 5.22. The van der Waals surface area contributed by atoms with Crippen molar-refractivity contribution in [3.63, 3.8) is 0 Å². The van der Waals surface area contributed by atoms with Crippen LogP contribution in [0.1, 0.15) is 29.9 Å². The predicted molar refractivity (Wildman–Crippen MR) is 70.4 cm³/mol. The first kappa shape index (κ1) is 14.2. The number of carboxylic acid groups (broad SMARTS) is 1. The molecule has 0 bridgehead atoms. The van der Waals surface area contributed by atoms with Crippen molar-refractivity contribution in [2.75, 3.05) is 6.54 Å². The topological polar surface area (TPSA) is 57.6 Å². The Morgan fingerprint density at radius 2 is 2.24 bits per heavy atom. The number of carbonyl (C=O) groups excluding carboxylic acids is 1. The van der Waals surface area contributed by atoms with Gasteiger partial charge in [0.25, 0.3) is 5.91 Å². The molecule has 0 saturated carbocycles. The van der Waals surface area contributed by atoms with Gasteiger partial charge in [0.2, 0.25) is 0 Å². The molecule has 1 rings (SSSR count). The molecule has 1 amide bonds. The summed E-state index contributed by atoms with van der Waals surface area (Å²) in [6.07, 6.45) is 0.728. The zero-order chi connectivity index (χ0) is 13.0. The Balaban J connectivity index is 2.89. The summed E-state index contributed by atoms with van der Waals surface area (Å²) in [5, 5.41) is 10.6. The molecule has 0 saturated heterocycles. The lowest BCUT2D eigenvalue weighted by molar-refractivity contribution is -0.138. The van der Waals surface area contributed by atoms with Crippen molar-refractivity contribution in [3.8, 4) is 0 Å². The first-order chi connectivity index (χ1) is 7.95. The van der Waals surface area contributed by atoms with E-state index in [2.05, 4.69) is 15.9 Å². The fourth-order valence-electron chi connectivity index (χ4n) is 1.36. The van der Waals surface area contributed by atoms with Crippen molar-refractivity contribution in [1.82, 2.24) is 4.90 Å². The van der Waals surface area contributed by atoms with Gasteiger partial charge in [-0.15, -0.1) is 11.3 Å². The Kier molecular flexibility index (Phi) is 5.14. The van der Waals surface area contributed by atoms with Crippen LogP contribution in [0.2, 0.25) is 0 Å². The molecule has 4 nitrogen and oxygen atoms in total.